The van der Waals surface area contributed by atoms with E-state index in [2.05, 4.69) is 46.1 Å². The number of halogens is 1. The van der Waals surface area contributed by atoms with Gasteiger partial charge >= 0.3 is 0 Å². The van der Waals surface area contributed by atoms with Crippen LogP contribution >= 0.6 is 0 Å². The van der Waals surface area contributed by atoms with Crippen molar-refractivity contribution in [2.45, 2.75) is 58.5 Å². The van der Waals surface area contributed by atoms with Crippen molar-refractivity contribution in [1.82, 2.24) is 29.7 Å². The Labute approximate surface area is 181 Å². The first kappa shape index (κ1) is 20.0. The minimum Gasteiger partial charge on any atom is -0.301 e. The normalized spacial score (nSPS) is 22.5. The number of piperidine rings is 1. The highest BCUT2D eigenvalue weighted by Gasteiger charge is 2.30. The predicted molar refractivity (Wildman–Crippen MR) is 120 cm³/mol. The average Bonchev–Trinajstić information content (AvgIpc) is 3.12. The molecule has 0 amide bonds. The summed E-state index contributed by atoms with van der Waals surface area (Å²) in [6.07, 6.45) is 3.89. The van der Waals surface area contributed by atoms with Crippen LogP contribution in [0.15, 0.2) is 30.5 Å². The smallest absolute Gasteiger partial charge is 0.156 e. The van der Waals surface area contributed by atoms with Gasteiger partial charge in [0.2, 0.25) is 0 Å². The topological polar surface area (TPSA) is 59.2 Å². The van der Waals surface area contributed by atoms with Crippen molar-refractivity contribution < 1.29 is 4.39 Å². The number of benzene rings is 1. The molecule has 0 spiro atoms. The number of rotatable bonds is 2. The molecule has 4 aromatic rings. The molecule has 1 aliphatic rings. The third-order valence-electron chi connectivity index (χ3n) is 6.76. The van der Waals surface area contributed by atoms with E-state index in [9.17, 15) is 0 Å². The van der Waals surface area contributed by atoms with Crippen LogP contribution in [0.25, 0.3) is 27.8 Å². The van der Waals surface area contributed by atoms with Crippen molar-refractivity contribution in [3.8, 4) is 11.3 Å². The van der Waals surface area contributed by atoms with Crippen molar-refractivity contribution in [3.63, 3.8) is 0 Å². The summed E-state index contributed by atoms with van der Waals surface area (Å²) in [5, 5.41) is 14.1. The first-order valence-electron chi connectivity index (χ1n) is 10.8. The van der Waals surface area contributed by atoms with Crippen LogP contribution in [-0.2, 0) is 0 Å². The largest absolute Gasteiger partial charge is 0.301 e. The lowest BCUT2D eigenvalue weighted by Gasteiger charge is -2.40. The molecule has 3 aromatic heterocycles. The summed E-state index contributed by atoms with van der Waals surface area (Å²) in [5.74, 6) is 0.00687. The number of aromatic nitrogens is 5. The lowest BCUT2D eigenvalue weighted by atomic mass is 9.85. The molecule has 2 atom stereocenters. The van der Waals surface area contributed by atoms with Crippen molar-refractivity contribution in [1.29, 1.82) is 0 Å². The minimum atomic E-state index is -0.293. The summed E-state index contributed by atoms with van der Waals surface area (Å²) < 4.78 is 16.9. The molecule has 160 valence electrons. The van der Waals surface area contributed by atoms with Gasteiger partial charge in [0, 0.05) is 29.0 Å². The molecular weight excluding hydrogens is 391 g/mol. The van der Waals surface area contributed by atoms with Crippen molar-refractivity contribution in [3.05, 3.63) is 53.2 Å². The number of aryl methyl sites for hydroxylation is 2. The third-order valence-corrected chi connectivity index (χ3v) is 6.76. The monoisotopic (exact) mass is 418 g/mol. The highest BCUT2D eigenvalue weighted by molar-refractivity contribution is 5.84. The van der Waals surface area contributed by atoms with Gasteiger partial charge in [-0.05, 0) is 77.4 Å². The van der Waals surface area contributed by atoms with Gasteiger partial charge in [0.1, 0.15) is 5.82 Å². The summed E-state index contributed by atoms with van der Waals surface area (Å²) in [4.78, 5) is 6.88. The highest BCUT2D eigenvalue weighted by atomic mass is 19.1. The summed E-state index contributed by atoms with van der Waals surface area (Å²) in [7, 11) is 2.16. The molecule has 4 heterocycles. The molecule has 5 rings (SSSR count). The Hall–Kier alpha value is -2.93. The fourth-order valence-electron chi connectivity index (χ4n) is 4.78. The Balaban J connectivity index is 1.54. The van der Waals surface area contributed by atoms with Crippen LogP contribution in [0.1, 0.15) is 49.6 Å². The SMILES string of the molecule is Cc1cn2nc(-c3cc(F)c4cc(C5C[C@@H](C)N(C)[C@H](C)C5)nnc4c3)cc(C)c2n1. The van der Waals surface area contributed by atoms with Crippen molar-refractivity contribution >= 4 is 16.6 Å². The van der Waals surface area contributed by atoms with Gasteiger partial charge in [-0.2, -0.15) is 15.3 Å². The van der Waals surface area contributed by atoms with Crippen LogP contribution in [0.4, 0.5) is 4.39 Å². The van der Waals surface area contributed by atoms with Gasteiger partial charge in [-0.3, -0.25) is 0 Å². The first-order valence-corrected chi connectivity index (χ1v) is 10.8. The highest BCUT2D eigenvalue weighted by Crippen LogP contribution is 2.35. The molecule has 0 aliphatic carbocycles. The average molecular weight is 419 g/mol. The zero-order chi connectivity index (χ0) is 21.9. The third kappa shape index (κ3) is 3.47. The quantitative estimate of drug-likeness (QED) is 0.473. The van der Waals surface area contributed by atoms with Crippen molar-refractivity contribution in [2.24, 2.45) is 0 Å². The molecule has 1 fully saturated rings. The Morgan fingerprint density at radius 3 is 2.48 bits per heavy atom. The number of nitrogens with zero attached hydrogens (tertiary/aromatic N) is 6. The second-order valence-electron chi connectivity index (χ2n) is 9.05. The maximum Gasteiger partial charge on any atom is 0.156 e. The molecule has 6 nitrogen and oxygen atoms in total. The number of hydrogen-bond acceptors (Lipinski definition) is 5. The van der Waals surface area contributed by atoms with Gasteiger partial charge in [0.05, 0.1) is 28.8 Å². The lowest BCUT2D eigenvalue weighted by Crippen LogP contribution is -2.43. The van der Waals surface area contributed by atoms with E-state index in [1.165, 1.54) is 0 Å². The van der Waals surface area contributed by atoms with E-state index >= 15 is 4.39 Å². The van der Waals surface area contributed by atoms with Crippen LogP contribution in [0.3, 0.4) is 0 Å². The minimum absolute atomic E-state index is 0.293. The lowest BCUT2D eigenvalue weighted by molar-refractivity contribution is 0.121. The molecule has 0 saturated carbocycles. The molecule has 0 radical (unpaired) electrons. The fourth-order valence-corrected chi connectivity index (χ4v) is 4.78. The molecule has 1 aliphatic heterocycles. The summed E-state index contributed by atoms with van der Waals surface area (Å²) >= 11 is 0. The van der Waals surface area contributed by atoms with E-state index in [4.69, 9.17) is 0 Å². The number of hydrogen-bond donors (Lipinski definition) is 0. The Kier molecular flexibility index (Phi) is 4.73. The van der Waals surface area contributed by atoms with Gasteiger partial charge < -0.3 is 4.90 Å². The zero-order valence-electron chi connectivity index (χ0n) is 18.6. The standard InChI is InChI=1S/C24H27FN6/c1-13-6-22(29-31-12-14(2)26-24(13)31)18-9-20(25)19-11-21(27-28-23(19)10-18)17-7-15(3)30(5)16(4)8-17/h6,9-12,15-17H,7-8H2,1-5H3/t15-,16-/m1/s1. The molecule has 7 heteroatoms. The number of fused-ring (bicyclic) bond motifs is 2. The van der Waals surface area contributed by atoms with Crippen LogP contribution in [0.2, 0.25) is 0 Å². The van der Waals surface area contributed by atoms with E-state index in [1.807, 2.05) is 38.2 Å². The Morgan fingerprint density at radius 1 is 1.00 bits per heavy atom. The summed E-state index contributed by atoms with van der Waals surface area (Å²) in [5.41, 5.74) is 5.51. The Morgan fingerprint density at radius 2 is 1.74 bits per heavy atom. The first-order chi connectivity index (χ1) is 14.8. The maximum atomic E-state index is 15.2. The molecule has 0 unspecified atom stereocenters. The predicted octanol–water partition coefficient (Wildman–Crippen LogP) is 4.68. The second kappa shape index (κ2) is 7.34. The zero-order valence-corrected chi connectivity index (χ0v) is 18.6. The van der Waals surface area contributed by atoms with Gasteiger partial charge in [0.15, 0.2) is 5.65 Å². The van der Waals surface area contributed by atoms with Crippen LogP contribution in [0, 0.1) is 19.7 Å². The molecule has 0 bridgehead atoms. The van der Waals surface area contributed by atoms with Crippen LogP contribution in [-0.4, -0.2) is 48.8 Å². The van der Waals surface area contributed by atoms with E-state index in [0.717, 1.165) is 35.4 Å². The number of imidazole rings is 1. The van der Waals surface area contributed by atoms with Crippen molar-refractivity contribution in [2.75, 3.05) is 7.05 Å². The van der Waals surface area contributed by atoms with Gasteiger partial charge in [-0.15, -0.1) is 0 Å². The maximum absolute atomic E-state index is 15.2. The second-order valence-corrected chi connectivity index (χ2v) is 9.05. The van der Waals surface area contributed by atoms with Gasteiger partial charge in [-0.1, -0.05) is 0 Å². The molecular formula is C24H27FN6. The molecule has 0 N–H and O–H groups in total. The van der Waals surface area contributed by atoms with E-state index in [-0.39, 0.29) is 5.82 Å². The number of likely N-dealkylation sites (tertiary alicyclic amines) is 1. The summed E-state index contributed by atoms with van der Waals surface area (Å²) in [6, 6.07) is 8.17. The van der Waals surface area contributed by atoms with E-state index < -0.39 is 0 Å². The van der Waals surface area contributed by atoms with Crippen LogP contribution < -0.4 is 0 Å². The van der Waals surface area contributed by atoms with Gasteiger partial charge in [0.25, 0.3) is 0 Å². The Bertz CT molecular complexity index is 1280. The summed E-state index contributed by atoms with van der Waals surface area (Å²) in [6.45, 7) is 8.39. The fraction of sp³-hybridized carbons (Fsp3) is 0.417. The van der Waals surface area contributed by atoms with Crippen LogP contribution in [0.5, 0.6) is 0 Å². The van der Waals surface area contributed by atoms with Gasteiger partial charge in [-0.25, -0.2) is 13.9 Å². The van der Waals surface area contributed by atoms with E-state index in [1.54, 1.807) is 10.6 Å². The molecule has 1 aromatic carbocycles. The molecule has 1 saturated heterocycles. The molecule has 31 heavy (non-hydrogen) atoms. The van der Waals surface area contributed by atoms with E-state index in [0.29, 0.717) is 40.2 Å².